The van der Waals surface area contributed by atoms with E-state index in [0.717, 1.165) is 0 Å². The fourth-order valence-electron chi connectivity index (χ4n) is 0.860. The Morgan fingerprint density at radius 2 is 1.31 bits per heavy atom. The first kappa shape index (κ1) is 12.2. The molecule has 0 aromatic rings. The van der Waals surface area contributed by atoms with Gasteiger partial charge in [-0.3, -0.25) is 0 Å². The molecule has 0 saturated heterocycles. The van der Waals surface area contributed by atoms with Crippen LogP contribution in [0, 0.1) is 11.8 Å². The van der Waals surface area contributed by atoms with Gasteiger partial charge in [0.2, 0.25) is 0 Å². The van der Waals surface area contributed by atoms with Crippen LogP contribution in [0.1, 0.15) is 6.92 Å². The number of hydrogen-bond acceptors (Lipinski definition) is 1. The van der Waals surface area contributed by atoms with Gasteiger partial charge >= 0.3 is 12.4 Å². The highest BCUT2D eigenvalue weighted by molar-refractivity contribution is 5.53. The minimum Gasteiger partial charge on any atom is -0.303 e. The Bertz CT molecular complexity index is 167. The average Bonchev–Trinajstić information content (AvgIpc) is 1.80. The van der Waals surface area contributed by atoms with Gasteiger partial charge in [-0.2, -0.15) is 26.3 Å². The fourth-order valence-corrected chi connectivity index (χ4v) is 0.860. The van der Waals surface area contributed by atoms with E-state index in [1.54, 1.807) is 0 Å². The lowest BCUT2D eigenvalue weighted by Crippen LogP contribution is -2.41. The Balaban J connectivity index is 4.88. The number of alkyl halides is 6. The van der Waals surface area contributed by atoms with Crippen molar-refractivity contribution < 1.29 is 31.1 Å². The number of halogens is 6. The molecule has 0 rings (SSSR count). The van der Waals surface area contributed by atoms with Crippen LogP contribution in [0.2, 0.25) is 0 Å². The highest BCUT2D eigenvalue weighted by atomic mass is 19.4. The van der Waals surface area contributed by atoms with Crippen LogP contribution in [0.4, 0.5) is 26.3 Å². The SMILES string of the molecule is CC(C=O)C(C(F)(F)F)C(F)(F)F. The lowest BCUT2D eigenvalue weighted by atomic mass is 9.94. The number of hydrogen-bond donors (Lipinski definition) is 0. The molecular formula is C6H6F6O. The smallest absolute Gasteiger partial charge is 0.303 e. The molecule has 0 N–H and O–H groups in total. The molecule has 7 heteroatoms. The number of carbonyl (C=O) groups excluding carboxylic acids is 1. The summed E-state index contributed by atoms with van der Waals surface area (Å²) in [6.07, 6.45) is -11.2. The van der Waals surface area contributed by atoms with Crippen LogP contribution in [0.5, 0.6) is 0 Å². The molecule has 0 aromatic heterocycles. The van der Waals surface area contributed by atoms with Crippen molar-refractivity contribution in [2.45, 2.75) is 19.3 Å². The Labute approximate surface area is 69.7 Å². The zero-order valence-corrected chi connectivity index (χ0v) is 6.41. The monoisotopic (exact) mass is 208 g/mol. The molecule has 13 heavy (non-hydrogen) atoms. The molecule has 1 atom stereocenters. The first-order valence-corrected chi connectivity index (χ1v) is 3.19. The summed E-state index contributed by atoms with van der Waals surface area (Å²) in [6, 6.07) is 0. The molecule has 0 fully saturated rings. The van der Waals surface area contributed by atoms with E-state index in [1.165, 1.54) is 0 Å². The molecule has 0 aromatic carbocycles. The number of rotatable bonds is 2. The molecule has 0 heterocycles. The summed E-state index contributed by atoms with van der Waals surface area (Å²) < 4.78 is 70.6. The standard InChI is InChI=1S/C6H6F6O/c1-3(2-13)4(5(7,8)9)6(10,11)12/h2-4H,1H3. The van der Waals surface area contributed by atoms with Crippen LogP contribution in [-0.2, 0) is 4.79 Å². The average molecular weight is 208 g/mol. The molecule has 0 aliphatic carbocycles. The maximum atomic E-state index is 11.8. The van der Waals surface area contributed by atoms with Crippen molar-refractivity contribution in [2.75, 3.05) is 0 Å². The van der Waals surface area contributed by atoms with Crippen molar-refractivity contribution in [1.29, 1.82) is 0 Å². The molecule has 1 unspecified atom stereocenters. The van der Waals surface area contributed by atoms with Crippen LogP contribution in [0.25, 0.3) is 0 Å². The molecule has 0 spiro atoms. The minimum absolute atomic E-state index is 0.356. The molecule has 0 saturated carbocycles. The highest BCUT2D eigenvalue weighted by Gasteiger charge is 2.58. The van der Waals surface area contributed by atoms with Crippen molar-refractivity contribution >= 4 is 6.29 Å². The van der Waals surface area contributed by atoms with E-state index in [9.17, 15) is 31.1 Å². The summed E-state index contributed by atoms with van der Waals surface area (Å²) in [6.45, 7) is 0.582. The molecule has 0 aliphatic rings. The van der Waals surface area contributed by atoms with E-state index in [-0.39, 0.29) is 6.29 Å². The zero-order chi connectivity index (χ0) is 10.9. The second-order valence-electron chi connectivity index (χ2n) is 2.56. The summed E-state index contributed by atoms with van der Waals surface area (Å²) in [5.74, 6) is -5.68. The van der Waals surface area contributed by atoms with Gasteiger partial charge in [-0.15, -0.1) is 0 Å². The Morgan fingerprint density at radius 3 is 1.38 bits per heavy atom. The van der Waals surface area contributed by atoms with E-state index in [4.69, 9.17) is 0 Å². The van der Waals surface area contributed by atoms with Crippen molar-refractivity contribution in [2.24, 2.45) is 11.8 Å². The van der Waals surface area contributed by atoms with Gasteiger partial charge in [0.1, 0.15) is 6.29 Å². The predicted molar refractivity (Wildman–Crippen MR) is 30.8 cm³/mol. The van der Waals surface area contributed by atoms with Crippen LogP contribution < -0.4 is 0 Å². The molecule has 78 valence electrons. The number of aldehydes is 1. The van der Waals surface area contributed by atoms with Crippen LogP contribution >= 0.6 is 0 Å². The van der Waals surface area contributed by atoms with E-state index >= 15 is 0 Å². The van der Waals surface area contributed by atoms with Gasteiger partial charge in [-0.05, 0) is 0 Å². The normalized spacial score (nSPS) is 16.0. The van der Waals surface area contributed by atoms with Crippen molar-refractivity contribution in [3.8, 4) is 0 Å². The second kappa shape index (κ2) is 3.55. The topological polar surface area (TPSA) is 17.1 Å². The minimum atomic E-state index is -5.43. The Hall–Kier alpha value is -0.750. The highest BCUT2D eigenvalue weighted by Crippen LogP contribution is 2.42. The van der Waals surface area contributed by atoms with E-state index in [0.29, 0.717) is 6.92 Å². The van der Waals surface area contributed by atoms with E-state index in [2.05, 4.69) is 0 Å². The molecule has 1 nitrogen and oxygen atoms in total. The maximum absolute atomic E-state index is 11.8. The van der Waals surface area contributed by atoms with Gasteiger partial charge in [0.05, 0.1) is 0 Å². The Morgan fingerprint density at radius 1 is 1.00 bits per heavy atom. The van der Waals surface area contributed by atoms with Crippen LogP contribution in [0.15, 0.2) is 0 Å². The summed E-state index contributed by atoms with van der Waals surface area (Å²) in [5, 5.41) is 0. The largest absolute Gasteiger partial charge is 0.401 e. The third-order valence-corrected chi connectivity index (χ3v) is 1.45. The van der Waals surface area contributed by atoms with Gasteiger partial charge < -0.3 is 4.79 Å². The fraction of sp³-hybridized carbons (Fsp3) is 0.833. The quantitative estimate of drug-likeness (QED) is 0.503. The maximum Gasteiger partial charge on any atom is 0.401 e. The summed E-state index contributed by atoms with van der Waals surface area (Å²) in [4.78, 5) is 9.84. The molecule has 0 amide bonds. The molecule has 0 bridgehead atoms. The predicted octanol–water partition coefficient (Wildman–Crippen LogP) is 2.56. The van der Waals surface area contributed by atoms with Gasteiger partial charge in [0.15, 0.2) is 5.92 Å². The first-order valence-electron chi connectivity index (χ1n) is 3.19. The van der Waals surface area contributed by atoms with E-state index < -0.39 is 24.2 Å². The Kier molecular flexibility index (Phi) is 3.34. The van der Waals surface area contributed by atoms with Gasteiger partial charge in [-0.25, -0.2) is 0 Å². The van der Waals surface area contributed by atoms with Crippen molar-refractivity contribution in [3.05, 3.63) is 0 Å². The zero-order valence-electron chi connectivity index (χ0n) is 6.41. The summed E-state index contributed by atoms with van der Waals surface area (Å²) >= 11 is 0. The van der Waals surface area contributed by atoms with Gasteiger partial charge in [0, 0.05) is 5.92 Å². The molecule has 0 aliphatic heterocycles. The number of carbonyl (C=O) groups is 1. The molecule has 0 radical (unpaired) electrons. The third kappa shape index (κ3) is 3.23. The van der Waals surface area contributed by atoms with Crippen LogP contribution in [0.3, 0.4) is 0 Å². The second-order valence-corrected chi connectivity index (χ2v) is 2.56. The van der Waals surface area contributed by atoms with Gasteiger partial charge in [-0.1, -0.05) is 6.92 Å². The van der Waals surface area contributed by atoms with Crippen molar-refractivity contribution in [1.82, 2.24) is 0 Å². The van der Waals surface area contributed by atoms with Crippen LogP contribution in [-0.4, -0.2) is 18.6 Å². The lowest BCUT2D eigenvalue weighted by Gasteiger charge is -2.24. The van der Waals surface area contributed by atoms with E-state index in [1.807, 2.05) is 0 Å². The van der Waals surface area contributed by atoms with Crippen molar-refractivity contribution in [3.63, 3.8) is 0 Å². The summed E-state index contributed by atoms with van der Waals surface area (Å²) in [5.41, 5.74) is 0. The third-order valence-electron chi connectivity index (χ3n) is 1.45. The summed E-state index contributed by atoms with van der Waals surface area (Å²) in [7, 11) is 0. The molecular weight excluding hydrogens is 202 g/mol. The first-order chi connectivity index (χ1) is 5.60. The van der Waals surface area contributed by atoms with Gasteiger partial charge in [0.25, 0.3) is 0 Å². The lowest BCUT2D eigenvalue weighted by molar-refractivity contribution is -0.293.